The van der Waals surface area contributed by atoms with E-state index in [-0.39, 0.29) is 0 Å². The summed E-state index contributed by atoms with van der Waals surface area (Å²) in [5, 5.41) is 2.11. The van der Waals surface area contributed by atoms with Crippen molar-refractivity contribution < 1.29 is 0 Å². The van der Waals surface area contributed by atoms with Crippen LogP contribution in [0.3, 0.4) is 0 Å². The van der Waals surface area contributed by atoms with Gasteiger partial charge < -0.3 is 0 Å². The van der Waals surface area contributed by atoms with Crippen molar-refractivity contribution in [2.24, 2.45) is 0 Å². The third-order valence-electron chi connectivity index (χ3n) is 2.09. The zero-order valence-corrected chi connectivity index (χ0v) is 8.92. The van der Waals surface area contributed by atoms with Crippen LogP contribution in [0.25, 0.3) is 11.6 Å². The van der Waals surface area contributed by atoms with Gasteiger partial charge in [-0.3, -0.25) is 0 Å². The molecule has 0 amide bonds. The van der Waals surface area contributed by atoms with Crippen LogP contribution in [0, 0.1) is 0 Å². The molecule has 0 atom stereocenters. The van der Waals surface area contributed by atoms with Crippen molar-refractivity contribution >= 4 is 23.0 Å². The van der Waals surface area contributed by atoms with Crippen molar-refractivity contribution in [3.63, 3.8) is 0 Å². The molecule has 2 aromatic rings. The maximum Gasteiger partial charge on any atom is 0.0299 e. The zero-order valence-electron chi connectivity index (χ0n) is 8.10. The largest absolute Gasteiger partial charge is 0.144 e. The molecule has 1 heterocycles. The first-order chi connectivity index (χ1) is 6.86. The van der Waals surface area contributed by atoms with Gasteiger partial charge in [0.2, 0.25) is 0 Å². The number of rotatable bonds is 2. The summed E-state index contributed by atoms with van der Waals surface area (Å²) in [4.78, 5) is 1.34. The van der Waals surface area contributed by atoms with Crippen LogP contribution in [0.1, 0.15) is 17.4 Å². The smallest absolute Gasteiger partial charge is 0.0299 e. The zero-order chi connectivity index (χ0) is 9.80. The topological polar surface area (TPSA) is 0 Å². The highest BCUT2D eigenvalue weighted by Gasteiger charge is 1.95. The lowest BCUT2D eigenvalue weighted by atomic mass is 10.1. The fourth-order valence-corrected chi connectivity index (χ4v) is 2.08. The highest BCUT2D eigenvalue weighted by molar-refractivity contribution is 7.11. The molecule has 1 aromatic heterocycles. The normalized spacial score (nSPS) is 11.6. The fraction of sp³-hybridized carbons (Fsp3) is 0.0769. The predicted molar refractivity (Wildman–Crippen MR) is 64.3 cm³/mol. The van der Waals surface area contributed by atoms with Crippen LogP contribution in [-0.2, 0) is 0 Å². The van der Waals surface area contributed by atoms with E-state index in [1.807, 2.05) is 6.07 Å². The Balaban J connectivity index is 2.28. The number of thiophene rings is 1. The molecule has 1 heteroatoms. The molecule has 0 N–H and O–H groups in total. The molecule has 70 valence electrons. The number of allylic oxidation sites excluding steroid dienone is 1. The van der Waals surface area contributed by atoms with Crippen LogP contribution in [0.2, 0.25) is 0 Å². The molecule has 0 saturated carbocycles. The standard InChI is InChI=1S/C13H12S/c1-11(13-8-5-9-14-13)10-12-6-3-2-4-7-12/h2-10H,1H3. The van der Waals surface area contributed by atoms with Gasteiger partial charge in [-0.15, -0.1) is 11.3 Å². The van der Waals surface area contributed by atoms with Gasteiger partial charge in [0.15, 0.2) is 0 Å². The van der Waals surface area contributed by atoms with Gasteiger partial charge in [-0.1, -0.05) is 42.5 Å². The van der Waals surface area contributed by atoms with E-state index < -0.39 is 0 Å². The molecule has 0 fully saturated rings. The molecular weight excluding hydrogens is 188 g/mol. The van der Waals surface area contributed by atoms with Gasteiger partial charge in [0, 0.05) is 4.88 Å². The van der Waals surface area contributed by atoms with Gasteiger partial charge in [0.05, 0.1) is 0 Å². The molecule has 0 aliphatic carbocycles. The van der Waals surface area contributed by atoms with E-state index in [4.69, 9.17) is 0 Å². The Hall–Kier alpha value is -1.34. The summed E-state index contributed by atoms with van der Waals surface area (Å²) < 4.78 is 0. The molecule has 0 radical (unpaired) electrons. The Kier molecular flexibility index (Phi) is 2.80. The third-order valence-corrected chi connectivity index (χ3v) is 3.10. The van der Waals surface area contributed by atoms with Crippen LogP contribution in [-0.4, -0.2) is 0 Å². The Bertz CT molecular complexity index is 410. The average molecular weight is 200 g/mol. The van der Waals surface area contributed by atoms with E-state index in [0.717, 1.165) is 0 Å². The SMILES string of the molecule is CC(=Cc1ccccc1)c1cccs1. The first kappa shape index (κ1) is 9.22. The van der Waals surface area contributed by atoms with E-state index in [9.17, 15) is 0 Å². The van der Waals surface area contributed by atoms with Gasteiger partial charge >= 0.3 is 0 Å². The summed E-state index contributed by atoms with van der Waals surface area (Å²) in [6, 6.07) is 14.6. The molecule has 0 spiro atoms. The lowest BCUT2D eigenvalue weighted by molar-refractivity contribution is 1.64. The maximum atomic E-state index is 2.21. The Morgan fingerprint density at radius 3 is 2.50 bits per heavy atom. The third kappa shape index (κ3) is 2.12. The monoisotopic (exact) mass is 200 g/mol. The van der Waals surface area contributed by atoms with Crippen LogP contribution in [0.15, 0.2) is 47.8 Å². The van der Waals surface area contributed by atoms with Crippen LogP contribution in [0.4, 0.5) is 0 Å². The Morgan fingerprint density at radius 2 is 1.86 bits per heavy atom. The summed E-state index contributed by atoms with van der Waals surface area (Å²) in [5.41, 5.74) is 2.59. The van der Waals surface area contributed by atoms with Crippen LogP contribution in [0.5, 0.6) is 0 Å². The van der Waals surface area contributed by atoms with Crippen molar-refractivity contribution in [1.82, 2.24) is 0 Å². The minimum absolute atomic E-state index is 1.26. The number of benzene rings is 1. The van der Waals surface area contributed by atoms with Gasteiger partial charge in [0.1, 0.15) is 0 Å². The maximum absolute atomic E-state index is 2.21. The van der Waals surface area contributed by atoms with E-state index in [1.54, 1.807) is 11.3 Å². The second-order valence-electron chi connectivity index (χ2n) is 3.22. The van der Waals surface area contributed by atoms with Gasteiger partial charge in [-0.05, 0) is 29.5 Å². The summed E-state index contributed by atoms with van der Waals surface area (Å²) >= 11 is 1.78. The minimum Gasteiger partial charge on any atom is -0.144 e. The summed E-state index contributed by atoms with van der Waals surface area (Å²) in [5.74, 6) is 0. The summed E-state index contributed by atoms with van der Waals surface area (Å²) in [7, 11) is 0. The second kappa shape index (κ2) is 4.25. The molecule has 2 rings (SSSR count). The quantitative estimate of drug-likeness (QED) is 0.677. The first-order valence-electron chi connectivity index (χ1n) is 4.63. The summed E-state index contributed by atoms with van der Waals surface area (Å²) in [6.45, 7) is 2.15. The van der Waals surface area contributed by atoms with E-state index in [0.29, 0.717) is 0 Å². The van der Waals surface area contributed by atoms with E-state index in [2.05, 4.69) is 54.8 Å². The van der Waals surface area contributed by atoms with Gasteiger partial charge in [-0.25, -0.2) is 0 Å². The Morgan fingerprint density at radius 1 is 1.07 bits per heavy atom. The highest BCUT2D eigenvalue weighted by atomic mass is 32.1. The van der Waals surface area contributed by atoms with Crippen LogP contribution >= 0.6 is 11.3 Å². The molecule has 0 bridgehead atoms. The molecule has 0 saturated heterocycles. The average Bonchev–Trinajstić information content (AvgIpc) is 2.72. The number of hydrogen-bond acceptors (Lipinski definition) is 1. The van der Waals surface area contributed by atoms with Crippen molar-refractivity contribution in [3.8, 4) is 0 Å². The highest BCUT2D eigenvalue weighted by Crippen LogP contribution is 2.21. The first-order valence-corrected chi connectivity index (χ1v) is 5.51. The number of hydrogen-bond donors (Lipinski definition) is 0. The van der Waals surface area contributed by atoms with Crippen molar-refractivity contribution in [2.75, 3.05) is 0 Å². The molecule has 0 nitrogen and oxygen atoms in total. The minimum atomic E-state index is 1.26. The van der Waals surface area contributed by atoms with Gasteiger partial charge in [-0.2, -0.15) is 0 Å². The molecule has 1 aromatic carbocycles. The molecule has 0 aliphatic heterocycles. The van der Waals surface area contributed by atoms with Crippen LogP contribution < -0.4 is 0 Å². The second-order valence-corrected chi connectivity index (χ2v) is 4.16. The molecule has 0 unspecified atom stereocenters. The van der Waals surface area contributed by atoms with Crippen molar-refractivity contribution in [2.45, 2.75) is 6.92 Å². The summed E-state index contributed by atoms with van der Waals surface area (Å²) in [6.07, 6.45) is 2.21. The van der Waals surface area contributed by atoms with Crippen molar-refractivity contribution in [3.05, 3.63) is 58.3 Å². The lowest BCUT2D eigenvalue weighted by Crippen LogP contribution is -1.73. The van der Waals surface area contributed by atoms with E-state index >= 15 is 0 Å². The molecular formula is C13H12S. The lowest BCUT2D eigenvalue weighted by Gasteiger charge is -1.97. The van der Waals surface area contributed by atoms with E-state index in [1.165, 1.54) is 16.0 Å². The Labute approximate surface area is 88.5 Å². The molecule has 0 aliphatic rings. The predicted octanol–water partition coefficient (Wildman–Crippen LogP) is 4.31. The van der Waals surface area contributed by atoms with Crippen molar-refractivity contribution in [1.29, 1.82) is 0 Å². The fourth-order valence-electron chi connectivity index (χ4n) is 1.37. The molecule has 14 heavy (non-hydrogen) atoms. The van der Waals surface area contributed by atoms with Gasteiger partial charge in [0.25, 0.3) is 0 Å².